The summed E-state index contributed by atoms with van der Waals surface area (Å²) in [7, 11) is 1.54. The molecule has 1 fully saturated rings. The summed E-state index contributed by atoms with van der Waals surface area (Å²) in [4.78, 5) is 28.8. The van der Waals surface area contributed by atoms with Crippen LogP contribution in [0.3, 0.4) is 0 Å². The average molecular weight is 464 g/mol. The van der Waals surface area contributed by atoms with E-state index in [9.17, 15) is 14.7 Å². The maximum Gasteiger partial charge on any atom is 0.295 e. The van der Waals surface area contributed by atoms with E-state index in [1.54, 1.807) is 31.4 Å². The van der Waals surface area contributed by atoms with Gasteiger partial charge < -0.3 is 19.5 Å². The molecular weight excluding hydrogens is 438 g/mol. The summed E-state index contributed by atoms with van der Waals surface area (Å²) in [6.07, 6.45) is 0. The van der Waals surface area contributed by atoms with E-state index >= 15 is 0 Å². The van der Waals surface area contributed by atoms with E-state index < -0.39 is 17.7 Å². The number of likely N-dealkylation sites (tertiary alicyclic amines) is 1. The number of amides is 1. The molecule has 1 amide bonds. The lowest BCUT2D eigenvalue weighted by Gasteiger charge is -2.26. The van der Waals surface area contributed by atoms with Crippen molar-refractivity contribution in [2.75, 3.05) is 13.7 Å². The van der Waals surface area contributed by atoms with Gasteiger partial charge in [-0.25, -0.2) is 0 Å². The molecule has 0 bridgehead atoms. The summed E-state index contributed by atoms with van der Waals surface area (Å²) in [6, 6.07) is 15.5. The third kappa shape index (κ3) is 4.24. The Morgan fingerprint density at radius 1 is 1.09 bits per heavy atom. The second-order valence-electron chi connectivity index (χ2n) is 7.66. The van der Waals surface area contributed by atoms with Gasteiger partial charge in [0, 0.05) is 16.0 Å². The second-order valence-corrected chi connectivity index (χ2v) is 8.69. The first-order valence-electron chi connectivity index (χ1n) is 10.6. The topological polar surface area (TPSA) is 76.1 Å². The maximum atomic E-state index is 13.2. The molecule has 1 aromatic heterocycles. The lowest BCUT2D eigenvalue weighted by Crippen LogP contribution is -2.29. The van der Waals surface area contributed by atoms with Gasteiger partial charge in [-0.2, -0.15) is 0 Å². The van der Waals surface area contributed by atoms with Crippen LogP contribution in [0.1, 0.15) is 34.5 Å². The minimum Gasteiger partial charge on any atom is -0.507 e. The Morgan fingerprint density at radius 2 is 1.88 bits per heavy atom. The smallest absolute Gasteiger partial charge is 0.295 e. The number of ketones is 1. The van der Waals surface area contributed by atoms with E-state index in [2.05, 4.69) is 0 Å². The first kappa shape index (κ1) is 22.6. The Balaban J connectivity index is 1.88. The van der Waals surface area contributed by atoms with E-state index in [0.717, 1.165) is 10.4 Å². The van der Waals surface area contributed by atoms with E-state index in [0.29, 0.717) is 29.2 Å². The van der Waals surface area contributed by atoms with Crippen LogP contribution in [0.25, 0.3) is 5.76 Å². The van der Waals surface area contributed by atoms with E-state index in [4.69, 9.17) is 9.47 Å². The summed E-state index contributed by atoms with van der Waals surface area (Å²) in [5.41, 5.74) is 1.96. The van der Waals surface area contributed by atoms with Crippen LogP contribution in [-0.2, 0) is 16.1 Å². The Kier molecular flexibility index (Phi) is 6.51. The van der Waals surface area contributed by atoms with Crippen molar-refractivity contribution in [2.45, 2.75) is 26.4 Å². The normalized spacial score (nSPS) is 17.4. The van der Waals surface area contributed by atoms with E-state index in [1.807, 2.05) is 49.6 Å². The SMILES string of the molecule is CCOc1ccc(/C(O)=C2\C(=O)C(=O)N(Cc3cccs3)C2c2ccccc2OC)cc1C. The minimum atomic E-state index is -0.782. The van der Waals surface area contributed by atoms with Crippen LogP contribution in [0, 0.1) is 6.92 Å². The lowest BCUT2D eigenvalue weighted by molar-refractivity contribution is -0.140. The highest BCUT2D eigenvalue weighted by Crippen LogP contribution is 2.43. The van der Waals surface area contributed by atoms with Crippen molar-refractivity contribution in [1.82, 2.24) is 4.90 Å². The van der Waals surface area contributed by atoms with Gasteiger partial charge in [-0.1, -0.05) is 24.3 Å². The molecule has 0 spiro atoms. The molecule has 6 nitrogen and oxygen atoms in total. The number of nitrogens with zero attached hydrogens (tertiary/aromatic N) is 1. The van der Waals surface area contributed by atoms with Crippen molar-refractivity contribution < 1.29 is 24.2 Å². The molecule has 33 heavy (non-hydrogen) atoms. The Morgan fingerprint density at radius 3 is 2.55 bits per heavy atom. The highest BCUT2D eigenvalue weighted by Gasteiger charge is 2.47. The lowest BCUT2D eigenvalue weighted by atomic mass is 9.94. The maximum absolute atomic E-state index is 13.2. The number of thiophene rings is 1. The molecule has 1 unspecified atom stereocenters. The zero-order chi connectivity index (χ0) is 23.5. The van der Waals surface area contributed by atoms with Crippen molar-refractivity contribution >= 4 is 28.8 Å². The zero-order valence-electron chi connectivity index (χ0n) is 18.7. The molecule has 3 aromatic rings. The first-order valence-corrected chi connectivity index (χ1v) is 11.5. The third-order valence-electron chi connectivity index (χ3n) is 5.63. The number of Topliss-reactive ketones (excluding diaryl/α,β-unsaturated/α-hetero) is 1. The number of carbonyl (C=O) groups excluding carboxylic acids is 2. The fraction of sp³-hybridized carbons (Fsp3) is 0.231. The number of carbonyl (C=O) groups is 2. The molecule has 1 aliphatic heterocycles. The predicted molar refractivity (Wildman–Crippen MR) is 128 cm³/mol. The van der Waals surface area contributed by atoms with Gasteiger partial charge in [-0.05, 0) is 55.1 Å². The van der Waals surface area contributed by atoms with E-state index in [-0.39, 0.29) is 17.9 Å². The second kappa shape index (κ2) is 9.50. The van der Waals surface area contributed by atoms with Crippen LogP contribution in [0.5, 0.6) is 11.5 Å². The van der Waals surface area contributed by atoms with Crippen molar-refractivity contribution in [2.24, 2.45) is 0 Å². The average Bonchev–Trinajstić information content (AvgIpc) is 3.42. The number of hydrogen-bond acceptors (Lipinski definition) is 6. The van der Waals surface area contributed by atoms with Crippen molar-refractivity contribution in [1.29, 1.82) is 0 Å². The van der Waals surface area contributed by atoms with Gasteiger partial charge in [0.1, 0.15) is 17.3 Å². The van der Waals surface area contributed by atoms with Crippen LogP contribution in [0.4, 0.5) is 0 Å². The van der Waals surface area contributed by atoms with Gasteiger partial charge in [0.05, 0.1) is 31.9 Å². The fourth-order valence-corrected chi connectivity index (χ4v) is 4.80. The van der Waals surface area contributed by atoms with Gasteiger partial charge in [-0.15, -0.1) is 11.3 Å². The zero-order valence-corrected chi connectivity index (χ0v) is 19.5. The number of aliphatic hydroxyl groups is 1. The number of benzene rings is 2. The molecule has 7 heteroatoms. The molecule has 170 valence electrons. The monoisotopic (exact) mass is 463 g/mol. The molecule has 1 saturated heterocycles. The molecular formula is C26H25NO5S. The summed E-state index contributed by atoms with van der Waals surface area (Å²) < 4.78 is 11.1. The van der Waals surface area contributed by atoms with Gasteiger partial charge >= 0.3 is 0 Å². The van der Waals surface area contributed by atoms with E-state index in [1.165, 1.54) is 16.2 Å². The molecule has 1 aliphatic rings. The molecule has 0 saturated carbocycles. The standard InChI is InChI=1S/C26H25NO5S/c1-4-32-20-12-11-17(14-16(20)2)24(28)22-23(19-9-5-6-10-21(19)31-3)27(26(30)25(22)29)15-18-8-7-13-33-18/h5-14,23,28H,4,15H2,1-3H3/b24-22+. The Labute approximate surface area is 196 Å². The molecule has 4 rings (SSSR count). The van der Waals surface area contributed by atoms with Crippen LogP contribution in [-0.4, -0.2) is 35.4 Å². The van der Waals surface area contributed by atoms with Crippen molar-refractivity contribution in [3.05, 3.63) is 87.1 Å². The highest BCUT2D eigenvalue weighted by atomic mass is 32.1. The highest BCUT2D eigenvalue weighted by molar-refractivity contribution is 7.09. The molecule has 1 N–H and O–H groups in total. The number of rotatable bonds is 7. The van der Waals surface area contributed by atoms with Gasteiger partial charge in [0.25, 0.3) is 11.7 Å². The van der Waals surface area contributed by atoms with Gasteiger partial charge in [0.2, 0.25) is 0 Å². The summed E-state index contributed by atoms with van der Waals surface area (Å²) in [5.74, 6) is -0.345. The minimum absolute atomic E-state index is 0.0459. The summed E-state index contributed by atoms with van der Waals surface area (Å²) >= 11 is 1.51. The number of aryl methyl sites for hydroxylation is 1. The number of ether oxygens (including phenoxy) is 2. The fourth-order valence-electron chi connectivity index (χ4n) is 4.10. The van der Waals surface area contributed by atoms with Crippen LogP contribution in [0.15, 0.2) is 65.6 Å². The Bertz CT molecular complexity index is 1220. The molecule has 0 radical (unpaired) electrons. The Hall–Kier alpha value is -3.58. The van der Waals surface area contributed by atoms with Gasteiger partial charge in [-0.3, -0.25) is 9.59 Å². The predicted octanol–water partition coefficient (Wildman–Crippen LogP) is 5.09. The third-order valence-corrected chi connectivity index (χ3v) is 6.49. The number of para-hydroxylation sites is 1. The van der Waals surface area contributed by atoms with Crippen molar-refractivity contribution in [3.8, 4) is 11.5 Å². The number of aliphatic hydroxyl groups excluding tert-OH is 1. The molecule has 2 aromatic carbocycles. The number of methoxy groups -OCH3 is 1. The van der Waals surface area contributed by atoms with Crippen LogP contribution in [0.2, 0.25) is 0 Å². The van der Waals surface area contributed by atoms with Crippen LogP contribution >= 0.6 is 11.3 Å². The van der Waals surface area contributed by atoms with Gasteiger partial charge in [0.15, 0.2) is 0 Å². The van der Waals surface area contributed by atoms with Crippen molar-refractivity contribution in [3.63, 3.8) is 0 Å². The molecule has 0 aliphatic carbocycles. The molecule has 1 atom stereocenters. The number of hydrogen-bond donors (Lipinski definition) is 1. The molecule has 2 heterocycles. The quantitative estimate of drug-likeness (QED) is 0.300. The first-order chi connectivity index (χ1) is 16.0. The largest absolute Gasteiger partial charge is 0.507 e. The summed E-state index contributed by atoms with van der Waals surface area (Å²) in [6.45, 7) is 4.54. The van der Waals surface area contributed by atoms with Crippen LogP contribution < -0.4 is 9.47 Å². The summed E-state index contributed by atoms with van der Waals surface area (Å²) in [5, 5.41) is 13.2.